The second kappa shape index (κ2) is 8.16. The Hall–Kier alpha value is -1.00. The summed E-state index contributed by atoms with van der Waals surface area (Å²) >= 11 is 1.83. The minimum atomic E-state index is -0.724. The molecule has 0 radical (unpaired) electrons. The fourth-order valence-electron chi connectivity index (χ4n) is 1.54. The number of aliphatic carboxylic acids is 1. The van der Waals surface area contributed by atoms with Gasteiger partial charge in [-0.3, -0.25) is 4.79 Å². The van der Waals surface area contributed by atoms with Crippen LogP contribution in [0.4, 0.5) is 0 Å². The Morgan fingerprint density at radius 2 is 2.06 bits per heavy atom. The summed E-state index contributed by atoms with van der Waals surface area (Å²) < 4.78 is 0. The van der Waals surface area contributed by atoms with Crippen molar-refractivity contribution in [2.45, 2.75) is 31.7 Å². The molecule has 0 saturated carbocycles. The Bertz CT molecular complexity index is 365. The molecule has 0 saturated heterocycles. The highest BCUT2D eigenvalue weighted by molar-refractivity contribution is 7.99. The zero-order chi connectivity index (χ0) is 13.4. The van der Waals surface area contributed by atoms with E-state index in [2.05, 4.69) is 36.5 Å². The number of nitrogens with one attached hydrogen (secondary N) is 1. The standard InChI is InChI=1S/C14H21NO2S/c1-3-18-13-6-4-12(5-7-13)10-15-9-8-11(2)14(16)17/h4-7,11,15H,3,8-10H2,1-2H3,(H,16,17). The molecule has 4 heteroatoms. The molecule has 1 atom stereocenters. The SMILES string of the molecule is CCSc1ccc(CNCCC(C)C(=O)O)cc1. The van der Waals surface area contributed by atoms with E-state index in [1.165, 1.54) is 10.5 Å². The van der Waals surface area contributed by atoms with Crippen LogP contribution in [0.25, 0.3) is 0 Å². The molecular formula is C14H21NO2S. The molecule has 1 aromatic carbocycles. The van der Waals surface area contributed by atoms with E-state index in [-0.39, 0.29) is 5.92 Å². The number of hydrogen-bond donors (Lipinski definition) is 2. The van der Waals surface area contributed by atoms with E-state index in [0.29, 0.717) is 6.42 Å². The Balaban J connectivity index is 2.25. The van der Waals surface area contributed by atoms with Crippen molar-refractivity contribution in [3.8, 4) is 0 Å². The third-order valence-corrected chi connectivity index (χ3v) is 3.63. The van der Waals surface area contributed by atoms with Crippen LogP contribution in [0, 0.1) is 5.92 Å². The maximum Gasteiger partial charge on any atom is 0.306 e. The number of carboxylic acid groups (broad SMARTS) is 1. The van der Waals surface area contributed by atoms with Crippen LogP contribution in [0.3, 0.4) is 0 Å². The van der Waals surface area contributed by atoms with Crippen LogP contribution >= 0.6 is 11.8 Å². The van der Waals surface area contributed by atoms with Gasteiger partial charge < -0.3 is 10.4 Å². The topological polar surface area (TPSA) is 49.3 Å². The summed E-state index contributed by atoms with van der Waals surface area (Å²) in [5.74, 6) is 0.0866. The van der Waals surface area contributed by atoms with Gasteiger partial charge in [-0.15, -0.1) is 11.8 Å². The van der Waals surface area contributed by atoms with E-state index in [4.69, 9.17) is 5.11 Å². The Morgan fingerprint density at radius 3 is 2.61 bits per heavy atom. The van der Waals surface area contributed by atoms with Crippen molar-refractivity contribution < 1.29 is 9.90 Å². The quantitative estimate of drug-likeness (QED) is 0.561. The lowest BCUT2D eigenvalue weighted by Crippen LogP contribution is -2.20. The van der Waals surface area contributed by atoms with Gasteiger partial charge in [0.05, 0.1) is 5.92 Å². The predicted octanol–water partition coefficient (Wildman–Crippen LogP) is 3.00. The van der Waals surface area contributed by atoms with Crippen LogP contribution < -0.4 is 5.32 Å². The largest absolute Gasteiger partial charge is 0.481 e. The minimum Gasteiger partial charge on any atom is -0.481 e. The van der Waals surface area contributed by atoms with E-state index in [0.717, 1.165) is 18.8 Å². The second-order valence-corrected chi connectivity index (χ2v) is 5.62. The summed E-state index contributed by atoms with van der Waals surface area (Å²) in [5, 5.41) is 12.0. The van der Waals surface area contributed by atoms with Crippen molar-refractivity contribution in [1.82, 2.24) is 5.32 Å². The minimum absolute atomic E-state index is 0.277. The molecule has 0 aromatic heterocycles. The molecular weight excluding hydrogens is 246 g/mol. The third kappa shape index (κ3) is 5.56. The fourth-order valence-corrected chi connectivity index (χ4v) is 2.21. The highest BCUT2D eigenvalue weighted by Gasteiger charge is 2.09. The highest BCUT2D eigenvalue weighted by atomic mass is 32.2. The Morgan fingerprint density at radius 1 is 1.39 bits per heavy atom. The number of thioether (sulfide) groups is 1. The molecule has 3 nitrogen and oxygen atoms in total. The molecule has 0 fully saturated rings. The lowest BCUT2D eigenvalue weighted by Gasteiger charge is -2.08. The summed E-state index contributed by atoms with van der Waals surface area (Å²) in [7, 11) is 0. The maximum absolute atomic E-state index is 10.6. The first-order valence-electron chi connectivity index (χ1n) is 6.28. The normalized spacial score (nSPS) is 12.3. The highest BCUT2D eigenvalue weighted by Crippen LogP contribution is 2.17. The molecule has 2 N–H and O–H groups in total. The zero-order valence-corrected chi connectivity index (χ0v) is 11.8. The van der Waals surface area contributed by atoms with E-state index < -0.39 is 5.97 Å². The van der Waals surface area contributed by atoms with Gasteiger partial charge in [0.15, 0.2) is 0 Å². The summed E-state index contributed by atoms with van der Waals surface area (Å²) in [6, 6.07) is 8.49. The predicted molar refractivity (Wildman–Crippen MR) is 76.0 cm³/mol. The van der Waals surface area contributed by atoms with Gasteiger partial charge in [-0.05, 0) is 36.4 Å². The van der Waals surface area contributed by atoms with Crippen LogP contribution in [-0.2, 0) is 11.3 Å². The van der Waals surface area contributed by atoms with Crippen LogP contribution in [0.5, 0.6) is 0 Å². The maximum atomic E-state index is 10.6. The molecule has 100 valence electrons. The van der Waals surface area contributed by atoms with Crippen molar-refractivity contribution in [2.24, 2.45) is 5.92 Å². The molecule has 0 heterocycles. The Kier molecular flexibility index (Phi) is 6.83. The van der Waals surface area contributed by atoms with E-state index in [1.807, 2.05) is 11.8 Å². The third-order valence-electron chi connectivity index (χ3n) is 2.74. The van der Waals surface area contributed by atoms with Crippen LogP contribution in [0.1, 0.15) is 25.8 Å². The molecule has 0 aliphatic carbocycles. The average Bonchev–Trinajstić information content (AvgIpc) is 2.36. The van der Waals surface area contributed by atoms with Gasteiger partial charge >= 0.3 is 5.97 Å². The van der Waals surface area contributed by atoms with Crippen molar-refractivity contribution in [3.63, 3.8) is 0 Å². The smallest absolute Gasteiger partial charge is 0.306 e. The van der Waals surface area contributed by atoms with Crippen molar-refractivity contribution in [2.75, 3.05) is 12.3 Å². The number of rotatable bonds is 8. The van der Waals surface area contributed by atoms with Gasteiger partial charge in [0.1, 0.15) is 0 Å². The lowest BCUT2D eigenvalue weighted by molar-refractivity contribution is -0.141. The van der Waals surface area contributed by atoms with Gasteiger partial charge in [-0.1, -0.05) is 26.0 Å². The molecule has 0 aliphatic heterocycles. The zero-order valence-electron chi connectivity index (χ0n) is 11.0. The summed E-state index contributed by atoms with van der Waals surface area (Å²) in [5.41, 5.74) is 1.23. The monoisotopic (exact) mass is 267 g/mol. The number of hydrogen-bond acceptors (Lipinski definition) is 3. The van der Waals surface area contributed by atoms with E-state index >= 15 is 0 Å². The van der Waals surface area contributed by atoms with Crippen LogP contribution in [0.2, 0.25) is 0 Å². The fraction of sp³-hybridized carbons (Fsp3) is 0.500. The Labute approximate surface area is 113 Å². The summed E-state index contributed by atoms with van der Waals surface area (Å²) in [6.45, 7) is 5.41. The van der Waals surface area contributed by atoms with E-state index in [9.17, 15) is 4.79 Å². The lowest BCUT2D eigenvalue weighted by atomic mass is 10.1. The van der Waals surface area contributed by atoms with Gasteiger partial charge in [0.25, 0.3) is 0 Å². The molecule has 18 heavy (non-hydrogen) atoms. The number of carboxylic acids is 1. The van der Waals surface area contributed by atoms with Crippen molar-refractivity contribution in [1.29, 1.82) is 0 Å². The summed E-state index contributed by atoms with van der Waals surface area (Å²) in [6.07, 6.45) is 0.666. The molecule has 1 rings (SSSR count). The van der Waals surface area contributed by atoms with Crippen LogP contribution in [-0.4, -0.2) is 23.4 Å². The molecule has 0 aliphatic rings. The number of carbonyl (C=O) groups is 1. The van der Waals surface area contributed by atoms with Gasteiger partial charge in [-0.2, -0.15) is 0 Å². The number of benzene rings is 1. The second-order valence-electron chi connectivity index (χ2n) is 4.28. The molecule has 1 aromatic rings. The van der Waals surface area contributed by atoms with Crippen LogP contribution in [0.15, 0.2) is 29.2 Å². The van der Waals surface area contributed by atoms with Gasteiger partial charge in [0, 0.05) is 11.4 Å². The van der Waals surface area contributed by atoms with Crippen molar-refractivity contribution >= 4 is 17.7 Å². The van der Waals surface area contributed by atoms with Gasteiger partial charge in [-0.25, -0.2) is 0 Å². The average molecular weight is 267 g/mol. The molecule has 1 unspecified atom stereocenters. The van der Waals surface area contributed by atoms with Gasteiger partial charge in [0.2, 0.25) is 0 Å². The first-order valence-corrected chi connectivity index (χ1v) is 7.27. The first kappa shape index (κ1) is 15.1. The molecule has 0 bridgehead atoms. The van der Waals surface area contributed by atoms with Crippen molar-refractivity contribution in [3.05, 3.63) is 29.8 Å². The van der Waals surface area contributed by atoms with E-state index in [1.54, 1.807) is 6.92 Å². The molecule has 0 spiro atoms. The first-order chi connectivity index (χ1) is 8.63. The molecule has 0 amide bonds. The summed E-state index contributed by atoms with van der Waals surface area (Å²) in [4.78, 5) is 11.9.